The van der Waals surface area contributed by atoms with E-state index >= 15 is 0 Å². The molecule has 0 aromatic rings. The van der Waals surface area contributed by atoms with E-state index in [1.54, 1.807) is 6.92 Å². The minimum absolute atomic E-state index is 0.0166. The van der Waals surface area contributed by atoms with Crippen LogP contribution in [-0.2, 0) is 28.7 Å². The molecule has 0 radical (unpaired) electrons. The summed E-state index contributed by atoms with van der Waals surface area (Å²) in [7, 11) is 0. The second-order valence-electron chi connectivity index (χ2n) is 9.91. The molecule has 0 saturated carbocycles. The van der Waals surface area contributed by atoms with Crippen LogP contribution in [0.1, 0.15) is 26.7 Å². The van der Waals surface area contributed by atoms with Crippen molar-refractivity contribution in [3.05, 3.63) is 35.9 Å². The third-order valence-electron chi connectivity index (χ3n) is 7.37. The zero-order valence-electron chi connectivity index (χ0n) is 21.5. The van der Waals surface area contributed by atoms with Crippen molar-refractivity contribution < 1.29 is 38.6 Å². The normalized spacial score (nSPS) is 29.2. The average Bonchev–Trinajstić information content (AvgIpc) is 3.56. The summed E-state index contributed by atoms with van der Waals surface area (Å²) in [5, 5.41) is 9.90. The standard InChI is InChI=1S/C26H33N3O8S/c1-5-9-36-25(34)21-22(14(3)20-19(15(4)30)24(33)29(20)21)38-17-11-18(23(32)27-8-7-16(31)12-27)28(13-17)26(35)37-10-6-2/h5-6,14-15,17-20,30H,1-2,7-13H2,3-4H3/t14-,15-,17+,18+,19-,20-/m1/s1. The van der Waals surface area contributed by atoms with Gasteiger partial charge in [-0.15, -0.1) is 11.8 Å². The fraction of sp³-hybridized carbons (Fsp3) is 0.577. The third kappa shape index (κ3) is 4.98. The zero-order chi connectivity index (χ0) is 27.7. The Kier molecular flexibility index (Phi) is 8.31. The number of rotatable bonds is 9. The second-order valence-corrected chi connectivity index (χ2v) is 11.3. The first kappa shape index (κ1) is 27.9. The number of carbonyl (C=O) groups is 5. The Hall–Kier alpha value is -3.12. The number of nitrogens with zero attached hydrogens (tertiary/aromatic N) is 3. The van der Waals surface area contributed by atoms with Gasteiger partial charge in [0, 0.05) is 35.6 Å². The van der Waals surface area contributed by atoms with Crippen LogP contribution in [-0.4, -0.2) is 106 Å². The van der Waals surface area contributed by atoms with Crippen LogP contribution in [0.3, 0.4) is 0 Å². The summed E-state index contributed by atoms with van der Waals surface area (Å²) < 4.78 is 10.5. The number of amides is 3. The molecule has 11 nitrogen and oxygen atoms in total. The second kappa shape index (κ2) is 11.3. The van der Waals surface area contributed by atoms with Crippen molar-refractivity contribution >= 4 is 41.4 Å². The first-order valence-electron chi connectivity index (χ1n) is 12.6. The molecule has 4 aliphatic heterocycles. The molecular formula is C26H33N3O8S. The number of Topliss-reactive ketones (excluding diaryl/α,β-unsaturated/α-hetero) is 1. The van der Waals surface area contributed by atoms with Crippen LogP contribution in [0.5, 0.6) is 0 Å². The third-order valence-corrected chi connectivity index (χ3v) is 8.87. The van der Waals surface area contributed by atoms with Crippen LogP contribution in [0.4, 0.5) is 4.79 Å². The van der Waals surface area contributed by atoms with Gasteiger partial charge in [0.2, 0.25) is 11.8 Å². The maximum Gasteiger partial charge on any atom is 0.410 e. The highest BCUT2D eigenvalue weighted by Gasteiger charge is 2.60. The summed E-state index contributed by atoms with van der Waals surface area (Å²) in [6.45, 7) is 11.0. The fourth-order valence-corrected chi connectivity index (χ4v) is 7.13. The Morgan fingerprint density at radius 2 is 1.87 bits per heavy atom. The van der Waals surface area contributed by atoms with Gasteiger partial charge in [-0.2, -0.15) is 0 Å². The molecule has 0 spiro atoms. The molecule has 0 aromatic heterocycles. The van der Waals surface area contributed by atoms with Gasteiger partial charge in [-0.25, -0.2) is 9.59 Å². The Balaban J connectivity index is 1.60. The van der Waals surface area contributed by atoms with Gasteiger partial charge in [0.1, 0.15) is 25.0 Å². The van der Waals surface area contributed by atoms with Crippen LogP contribution in [0, 0.1) is 11.8 Å². The first-order chi connectivity index (χ1) is 18.1. The van der Waals surface area contributed by atoms with E-state index in [-0.39, 0.29) is 79.6 Å². The molecule has 38 heavy (non-hydrogen) atoms. The summed E-state index contributed by atoms with van der Waals surface area (Å²) >= 11 is 1.34. The Morgan fingerprint density at radius 3 is 2.47 bits per heavy atom. The molecule has 206 valence electrons. The van der Waals surface area contributed by atoms with Gasteiger partial charge in [-0.05, 0) is 13.3 Å². The van der Waals surface area contributed by atoms with Gasteiger partial charge in [-0.3, -0.25) is 19.3 Å². The quantitative estimate of drug-likeness (QED) is 0.256. The van der Waals surface area contributed by atoms with E-state index in [2.05, 4.69) is 13.2 Å². The van der Waals surface area contributed by atoms with Gasteiger partial charge in [0.25, 0.3) is 0 Å². The van der Waals surface area contributed by atoms with Crippen molar-refractivity contribution in [3.8, 4) is 0 Å². The number of ether oxygens (including phenoxy) is 2. The highest BCUT2D eigenvalue weighted by molar-refractivity contribution is 8.03. The van der Waals surface area contributed by atoms with E-state index in [9.17, 15) is 29.1 Å². The van der Waals surface area contributed by atoms with E-state index in [0.717, 1.165) is 0 Å². The van der Waals surface area contributed by atoms with E-state index in [1.165, 1.54) is 38.6 Å². The van der Waals surface area contributed by atoms with Gasteiger partial charge in [0.15, 0.2) is 5.78 Å². The smallest absolute Gasteiger partial charge is 0.410 e. The van der Waals surface area contributed by atoms with Crippen molar-refractivity contribution in [1.29, 1.82) is 0 Å². The lowest BCUT2D eigenvalue weighted by atomic mass is 9.79. The molecule has 0 aromatic carbocycles. The van der Waals surface area contributed by atoms with E-state index in [0.29, 0.717) is 11.4 Å². The number of aliphatic hydroxyl groups is 1. The molecule has 4 heterocycles. The predicted molar refractivity (Wildman–Crippen MR) is 137 cm³/mol. The molecule has 0 bridgehead atoms. The average molecular weight is 548 g/mol. The van der Waals surface area contributed by atoms with Gasteiger partial charge in [0.05, 0.1) is 24.6 Å². The van der Waals surface area contributed by atoms with Crippen molar-refractivity contribution in [1.82, 2.24) is 14.7 Å². The molecular weight excluding hydrogens is 514 g/mol. The molecule has 3 amide bonds. The maximum atomic E-state index is 13.3. The fourth-order valence-electron chi connectivity index (χ4n) is 5.61. The maximum absolute atomic E-state index is 13.3. The number of esters is 1. The summed E-state index contributed by atoms with van der Waals surface area (Å²) in [4.78, 5) is 68.7. The lowest BCUT2D eigenvalue weighted by Crippen LogP contribution is -2.63. The van der Waals surface area contributed by atoms with E-state index in [1.807, 2.05) is 6.92 Å². The summed E-state index contributed by atoms with van der Waals surface area (Å²) in [6.07, 6.45) is 1.88. The highest BCUT2D eigenvalue weighted by atomic mass is 32.2. The van der Waals surface area contributed by atoms with Crippen molar-refractivity contribution in [3.63, 3.8) is 0 Å². The molecule has 1 N–H and O–H groups in total. The lowest BCUT2D eigenvalue weighted by molar-refractivity contribution is -0.164. The predicted octanol–water partition coefficient (Wildman–Crippen LogP) is 1.08. The van der Waals surface area contributed by atoms with Crippen molar-refractivity contribution in [2.75, 3.05) is 32.8 Å². The first-order valence-corrected chi connectivity index (χ1v) is 13.5. The number of ketones is 1. The van der Waals surface area contributed by atoms with Crippen molar-refractivity contribution in [2.45, 2.75) is 50.1 Å². The SMILES string of the molecule is C=CCOC(=O)C1=C(S[C@H]2C[C@@H](C(=O)N3CCC(=O)C3)N(C(=O)OCC=C)C2)[C@H](C)[C@@H]2[C@@H]([C@@H](C)O)C(=O)N12. The minimum atomic E-state index is -0.882. The van der Waals surface area contributed by atoms with E-state index in [4.69, 9.17) is 9.47 Å². The Labute approximate surface area is 225 Å². The monoisotopic (exact) mass is 547 g/mol. The number of likely N-dealkylation sites (tertiary alicyclic amines) is 2. The van der Waals surface area contributed by atoms with Crippen LogP contribution < -0.4 is 0 Å². The Morgan fingerprint density at radius 1 is 1.18 bits per heavy atom. The molecule has 12 heteroatoms. The Bertz CT molecular complexity index is 1090. The number of β-lactam (4-membered cyclic amide) rings is 1. The number of aliphatic hydroxyl groups excluding tert-OH is 1. The minimum Gasteiger partial charge on any atom is -0.457 e. The van der Waals surface area contributed by atoms with Crippen LogP contribution in [0.25, 0.3) is 0 Å². The van der Waals surface area contributed by atoms with Gasteiger partial charge in [-0.1, -0.05) is 32.2 Å². The molecule has 3 saturated heterocycles. The van der Waals surface area contributed by atoms with Gasteiger partial charge < -0.3 is 24.4 Å². The largest absolute Gasteiger partial charge is 0.457 e. The van der Waals surface area contributed by atoms with Crippen LogP contribution in [0.15, 0.2) is 35.9 Å². The molecule has 3 fully saturated rings. The number of hydrogen-bond donors (Lipinski definition) is 1. The number of thioether (sulfide) groups is 1. The summed E-state index contributed by atoms with van der Waals surface area (Å²) in [5.74, 6) is -2.26. The molecule has 0 aliphatic carbocycles. The lowest BCUT2D eigenvalue weighted by Gasteiger charge is -2.46. The van der Waals surface area contributed by atoms with Gasteiger partial charge >= 0.3 is 12.1 Å². The topological polar surface area (TPSA) is 134 Å². The molecule has 6 atom stereocenters. The zero-order valence-corrected chi connectivity index (χ0v) is 22.4. The number of carbonyl (C=O) groups excluding carboxylic acids is 5. The highest BCUT2D eigenvalue weighted by Crippen LogP contribution is 2.52. The van der Waals surface area contributed by atoms with Crippen molar-refractivity contribution in [2.24, 2.45) is 11.8 Å². The van der Waals surface area contributed by atoms with E-state index < -0.39 is 30.1 Å². The molecule has 4 aliphatic rings. The van der Waals surface area contributed by atoms with Crippen LogP contribution in [0.2, 0.25) is 0 Å². The summed E-state index contributed by atoms with van der Waals surface area (Å²) in [5.41, 5.74) is 0.136. The van der Waals surface area contributed by atoms with Crippen LogP contribution >= 0.6 is 11.8 Å². The summed E-state index contributed by atoms with van der Waals surface area (Å²) in [6, 6.07) is -1.22. The molecule has 0 unspecified atom stereocenters. The number of hydrogen-bond acceptors (Lipinski definition) is 9. The number of fused-ring (bicyclic) bond motifs is 1. The molecule has 4 rings (SSSR count).